The topological polar surface area (TPSA) is 30.7 Å². The molecule has 0 unspecified atom stereocenters. The van der Waals surface area contributed by atoms with Gasteiger partial charge >= 0.3 is 0 Å². The molecular formula is C8H4Cl3N3. The van der Waals surface area contributed by atoms with Crippen LogP contribution in [0.4, 0.5) is 0 Å². The molecule has 6 heteroatoms. The van der Waals surface area contributed by atoms with Crippen LogP contribution in [0.15, 0.2) is 24.8 Å². The van der Waals surface area contributed by atoms with Crippen molar-refractivity contribution in [1.82, 2.24) is 14.5 Å². The second kappa shape index (κ2) is 3.77. The van der Waals surface area contributed by atoms with Gasteiger partial charge in [0.2, 0.25) is 0 Å². The lowest BCUT2D eigenvalue weighted by molar-refractivity contribution is 0.994. The number of imidazole rings is 1. The average molecular weight is 249 g/mol. The summed E-state index contributed by atoms with van der Waals surface area (Å²) in [5.41, 5.74) is 0. The lowest BCUT2D eigenvalue weighted by atomic mass is 10.4. The molecule has 0 radical (unpaired) electrons. The van der Waals surface area contributed by atoms with Crippen molar-refractivity contribution in [3.8, 4) is 5.82 Å². The molecule has 3 nitrogen and oxygen atoms in total. The highest BCUT2D eigenvalue weighted by Gasteiger charge is 2.08. The number of rotatable bonds is 1. The van der Waals surface area contributed by atoms with E-state index in [9.17, 15) is 0 Å². The Bertz CT molecular complexity index is 453. The van der Waals surface area contributed by atoms with E-state index >= 15 is 0 Å². The van der Waals surface area contributed by atoms with E-state index in [2.05, 4.69) is 9.97 Å². The summed E-state index contributed by atoms with van der Waals surface area (Å²) >= 11 is 17.4. The molecule has 0 aliphatic carbocycles. The van der Waals surface area contributed by atoms with Crippen molar-refractivity contribution in [3.63, 3.8) is 0 Å². The summed E-state index contributed by atoms with van der Waals surface area (Å²) in [7, 11) is 0. The molecule has 0 bridgehead atoms. The number of hydrogen-bond donors (Lipinski definition) is 0. The first kappa shape index (κ1) is 9.77. The summed E-state index contributed by atoms with van der Waals surface area (Å²) in [6.07, 6.45) is 4.93. The minimum Gasteiger partial charge on any atom is -0.289 e. The van der Waals surface area contributed by atoms with Crippen LogP contribution in [0.2, 0.25) is 15.2 Å². The van der Waals surface area contributed by atoms with E-state index in [0.717, 1.165) is 0 Å². The Kier molecular flexibility index (Phi) is 2.63. The number of hydrogen-bond acceptors (Lipinski definition) is 2. The summed E-state index contributed by atoms with van der Waals surface area (Å²) in [5, 5.41) is 0.984. The molecule has 0 fully saturated rings. The highest BCUT2D eigenvalue weighted by molar-refractivity contribution is 6.42. The van der Waals surface area contributed by atoms with Gasteiger partial charge in [0.05, 0.1) is 10.0 Å². The molecule has 2 aromatic rings. The first-order valence-electron chi connectivity index (χ1n) is 3.68. The molecule has 0 saturated carbocycles. The Labute approximate surface area is 95.3 Å². The van der Waals surface area contributed by atoms with Crippen LogP contribution in [-0.2, 0) is 0 Å². The Morgan fingerprint density at radius 2 is 1.93 bits per heavy atom. The maximum Gasteiger partial charge on any atom is 0.158 e. The number of nitrogens with zero attached hydrogens (tertiary/aromatic N) is 3. The van der Waals surface area contributed by atoms with Crippen molar-refractivity contribution >= 4 is 34.8 Å². The quantitative estimate of drug-likeness (QED) is 0.726. The van der Waals surface area contributed by atoms with Crippen LogP contribution in [-0.4, -0.2) is 14.5 Å². The minimum absolute atomic E-state index is 0.222. The molecular weight excluding hydrogens is 244 g/mol. The van der Waals surface area contributed by atoms with Crippen molar-refractivity contribution < 1.29 is 0 Å². The maximum absolute atomic E-state index is 5.94. The smallest absolute Gasteiger partial charge is 0.158 e. The predicted molar refractivity (Wildman–Crippen MR) is 56.4 cm³/mol. The van der Waals surface area contributed by atoms with Gasteiger partial charge < -0.3 is 0 Å². The van der Waals surface area contributed by atoms with E-state index in [1.807, 2.05) is 0 Å². The van der Waals surface area contributed by atoms with Crippen molar-refractivity contribution in [1.29, 1.82) is 0 Å². The fraction of sp³-hybridized carbons (Fsp3) is 0. The first-order valence-corrected chi connectivity index (χ1v) is 4.82. The molecule has 0 amide bonds. The van der Waals surface area contributed by atoms with Crippen LogP contribution in [0, 0.1) is 0 Å². The molecule has 0 aliphatic heterocycles. The van der Waals surface area contributed by atoms with E-state index in [-0.39, 0.29) is 5.15 Å². The summed E-state index contributed by atoms with van der Waals surface area (Å²) in [6, 6.07) is 1.55. The summed E-state index contributed by atoms with van der Waals surface area (Å²) in [5.74, 6) is 0.513. The zero-order valence-electron chi connectivity index (χ0n) is 6.78. The van der Waals surface area contributed by atoms with E-state index in [4.69, 9.17) is 34.8 Å². The van der Waals surface area contributed by atoms with Crippen molar-refractivity contribution in [2.75, 3.05) is 0 Å². The van der Waals surface area contributed by atoms with Crippen molar-refractivity contribution in [2.24, 2.45) is 0 Å². The van der Waals surface area contributed by atoms with E-state index in [1.165, 1.54) is 0 Å². The van der Waals surface area contributed by atoms with Gasteiger partial charge in [-0.25, -0.2) is 9.97 Å². The zero-order valence-corrected chi connectivity index (χ0v) is 9.05. The minimum atomic E-state index is 0.222. The molecule has 0 aliphatic rings. The average Bonchev–Trinajstić information content (AvgIpc) is 2.64. The molecule has 2 aromatic heterocycles. The van der Waals surface area contributed by atoms with E-state index in [1.54, 1.807) is 29.4 Å². The third-order valence-corrected chi connectivity index (χ3v) is 2.57. The summed E-state index contributed by atoms with van der Waals surface area (Å²) in [6.45, 7) is 0. The largest absolute Gasteiger partial charge is 0.289 e. The van der Waals surface area contributed by atoms with Crippen LogP contribution in [0.5, 0.6) is 0 Å². The normalized spacial score (nSPS) is 10.5. The van der Waals surface area contributed by atoms with Gasteiger partial charge in [-0.05, 0) is 6.07 Å². The van der Waals surface area contributed by atoms with Crippen LogP contribution in [0.1, 0.15) is 0 Å². The summed E-state index contributed by atoms with van der Waals surface area (Å²) < 4.78 is 1.66. The maximum atomic E-state index is 5.94. The fourth-order valence-electron chi connectivity index (χ4n) is 1.00. The number of halogens is 3. The molecule has 14 heavy (non-hydrogen) atoms. The second-order valence-electron chi connectivity index (χ2n) is 2.54. The number of aromatic nitrogens is 3. The van der Waals surface area contributed by atoms with Gasteiger partial charge in [0.15, 0.2) is 5.82 Å². The SMILES string of the molecule is Clc1cc(Cl)c(-n2ccnc2)nc1Cl. The Morgan fingerprint density at radius 3 is 2.57 bits per heavy atom. The Balaban J connectivity index is 2.60. The highest BCUT2D eigenvalue weighted by Crippen LogP contribution is 2.27. The second-order valence-corrected chi connectivity index (χ2v) is 3.71. The molecule has 0 aromatic carbocycles. The molecule has 0 N–H and O–H groups in total. The molecule has 2 heterocycles. The van der Waals surface area contributed by atoms with Gasteiger partial charge in [0.25, 0.3) is 0 Å². The molecule has 0 atom stereocenters. The highest BCUT2D eigenvalue weighted by atomic mass is 35.5. The lowest BCUT2D eigenvalue weighted by Gasteiger charge is -2.04. The third-order valence-electron chi connectivity index (χ3n) is 1.62. The van der Waals surface area contributed by atoms with E-state index in [0.29, 0.717) is 15.9 Å². The molecule has 0 saturated heterocycles. The third kappa shape index (κ3) is 1.71. The summed E-state index contributed by atoms with van der Waals surface area (Å²) in [4.78, 5) is 7.92. The monoisotopic (exact) mass is 247 g/mol. The zero-order chi connectivity index (χ0) is 10.1. The van der Waals surface area contributed by atoms with Gasteiger partial charge in [0, 0.05) is 12.4 Å². The van der Waals surface area contributed by atoms with Gasteiger partial charge in [-0.1, -0.05) is 34.8 Å². The van der Waals surface area contributed by atoms with Gasteiger partial charge in [-0.2, -0.15) is 0 Å². The van der Waals surface area contributed by atoms with Crippen LogP contribution < -0.4 is 0 Å². The fourth-order valence-corrected chi connectivity index (χ4v) is 1.59. The van der Waals surface area contributed by atoms with E-state index < -0.39 is 0 Å². The lowest BCUT2D eigenvalue weighted by Crippen LogP contribution is -1.96. The van der Waals surface area contributed by atoms with Crippen LogP contribution >= 0.6 is 34.8 Å². The van der Waals surface area contributed by atoms with Crippen molar-refractivity contribution in [3.05, 3.63) is 40.0 Å². The van der Waals surface area contributed by atoms with Gasteiger partial charge in [-0.15, -0.1) is 0 Å². The van der Waals surface area contributed by atoms with Gasteiger partial charge in [-0.3, -0.25) is 4.57 Å². The molecule has 2 rings (SSSR count). The standard InChI is InChI=1S/C8H4Cl3N3/c9-5-3-6(10)8(13-7(5)11)14-2-1-12-4-14/h1-4H. The van der Waals surface area contributed by atoms with Gasteiger partial charge in [0.1, 0.15) is 11.5 Å². The van der Waals surface area contributed by atoms with Crippen LogP contribution in [0.25, 0.3) is 5.82 Å². The number of pyridine rings is 1. The Morgan fingerprint density at radius 1 is 1.14 bits per heavy atom. The van der Waals surface area contributed by atoms with Crippen LogP contribution in [0.3, 0.4) is 0 Å². The molecule has 0 spiro atoms. The first-order chi connectivity index (χ1) is 6.68. The van der Waals surface area contributed by atoms with Crippen molar-refractivity contribution in [2.45, 2.75) is 0 Å². The Hall–Kier alpha value is -0.770. The predicted octanol–water partition coefficient (Wildman–Crippen LogP) is 3.23. The molecule has 72 valence electrons.